The molecule has 0 unspecified atom stereocenters. The lowest BCUT2D eigenvalue weighted by atomic mass is 9.78. The highest BCUT2D eigenvalue weighted by molar-refractivity contribution is 6.38. The topological polar surface area (TPSA) is 113 Å². The predicted octanol–water partition coefficient (Wildman–Crippen LogP) is 5.07. The number of hydrogen-bond acceptors (Lipinski definition) is 6. The molecule has 0 saturated carbocycles. The molecule has 2 fully saturated rings. The number of fused-ring (bicyclic) bond motifs is 4. The highest BCUT2D eigenvalue weighted by Gasteiger charge is 2.45. The number of imide groups is 2. The number of nitrogens with one attached hydrogen (secondary N) is 2. The quantitative estimate of drug-likeness (QED) is 0.253. The number of hydrogen-bond donors (Lipinski definition) is 2. The first-order valence-electron chi connectivity index (χ1n) is 18.1. The average Bonchev–Trinajstić information content (AvgIpc) is 3.82. The lowest BCUT2D eigenvalue weighted by Crippen LogP contribution is -2.42. The van der Waals surface area contributed by atoms with E-state index in [1.807, 2.05) is 48.5 Å². The van der Waals surface area contributed by atoms with Gasteiger partial charge >= 0.3 is 0 Å². The van der Waals surface area contributed by atoms with Gasteiger partial charge in [0.15, 0.2) is 0 Å². The van der Waals surface area contributed by atoms with Crippen LogP contribution in [0.5, 0.6) is 0 Å². The SMILES string of the molecule is CN1C(=O)C2=C(C1=O)N1CCC(CC1)C1CCN(CC1)C1=C(C(=O)N(C)C1=O)c1c([nH]c3ccccc13)CCCCc1[nH]c3ccccc3c12. The number of nitrogens with zero attached hydrogens (tertiary/aromatic N) is 4. The molecule has 2 N–H and O–H groups in total. The predicted molar refractivity (Wildman–Crippen MR) is 191 cm³/mol. The number of H-pyrrole nitrogens is 2. The lowest BCUT2D eigenvalue weighted by molar-refractivity contribution is -0.137. The van der Waals surface area contributed by atoms with Crippen molar-refractivity contribution in [2.24, 2.45) is 11.8 Å². The Labute approximate surface area is 290 Å². The van der Waals surface area contributed by atoms with E-state index in [2.05, 4.69) is 19.8 Å². The average molecular weight is 671 g/mol. The number of benzene rings is 2. The fourth-order valence-electron chi connectivity index (χ4n) is 9.43. The van der Waals surface area contributed by atoms with Crippen LogP contribution in [0.3, 0.4) is 0 Å². The van der Waals surface area contributed by atoms with Crippen LogP contribution in [0, 0.1) is 11.8 Å². The van der Waals surface area contributed by atoms with E-state index in [1.54, 1.807) is 14.1 Å². The van der Waals surface area contributed by atoms with Gasteiger partial charge in [-0.2, -0.15) is 0 Å². The summed E-state index contributed by atoms with van der Waals surface area (Å²) >= 11 is 0. The molecular weight excluding hydrogens is 628 g/mol. The second-order valence-corrected chi connectivity index (χ2v) is 14.7. The van der Waals surface area contributed by atoms with Crippen molar-refractivity contribution in [3.63, 3.8) is 0 Å². The minimum atomic E-state index is -0.236. The molecule has 4 bridgehead atoms. The van der Waals surface area contributed by atoms with Crippen molar-refractivity contribution in [3.8, 4) is 0 Å². The van der Waals surface area contributed by atoms with Crippen LogP contribution in [-0.4, -0.2) is 93.5 Å². The second-order valence-electron chi connectivity index (χ2n) is 14.7. The number of rotatable bonds is 0. The van der Waals surface area contributed by atoms with Gasteiger partial charge in [0, 0.05) is 84.6 Å². The van der Waals surface area contributed by atoms with Crippen molar-refractivity contribution in [1.82, 2.24) is 29.6 Å². The molecule has 10 nitrogen and oxygen atoms in total. The number of aromatic amines is 2. The molecule has 4 aromatic rings. The zero-order valence-corrected chi connectivity index (χ0v) is 28.7. The first-order valence-corrected chi connectivity index (χ1v) is 18.1. The fraction of sp³-hybridized carbons (Fsp3) is 0.400. The van der Waals surface area contributed by atoms with Crippen molar-refractivity contribution in [3.05, 3.63) is 82.4 Å². The fourth-order valence-corrected chi connectivity index (χ4v) is 9.43. The molecule has 10 heteroatoms. The standard InChI is InChI=1S/C40H42N6O4/c1-43-37(47)33-31-25-9-3-5-11-27(25)41-29(31)13-7-8-14-30-32(26-10-4-6-12-28(26)42-30)34-36(40(50)44(2)38(34)48)46-21-17-24(18-22-46)23-15-19-45(20-16-23)35(33)39(43)49/h3-6,9-12,23-24,41-42H,7-8,13-22H2,1-2H3. The summed E-state index contributed by atoms with van der Waals surface area (Å²) in [4.78, 5) is 69.7. The second kappa shape index (κ2) is 11.7. The monoisotopic (exact) mass is 670 g/mol. The third-order valence-corrected chi connectivity index (χ3v) is 12.1. The van der Waals surface area contributed by atoms with E-state index in [0.717, 1.165) is 109 Å². The van der Waals surface area contributed by atoms with Crippen LogP contribution < -0.4 is 0 Å². The maximum Gasteiger partial charge on any atom is 0.277 e. The number of piperidine rings is 2. The van der Waals surface area contributed by atoms with Crippen LogP contribution in [0.2, 0.25) is 0 Å². The van der Waals surface area contributed by atoms with Gasteiger partial charge in [0.05, 0.1) is 11.1 Å². The molecular formula is C40H42N6O4. The molecule has 0 atom stereocenters. The van der Waals surface area contributed by atoms with E-state index in [4.69, 9.17) is 0 Å². The molecule has 50 heavy (non-hydrogen) atoms. The van der Waals surface area contributed by atoms with E-state index in [0.29, 0.717) is 47.2 Å². The van der Waals surface area contributed by atoms with Crippen LogP contribution in [0.4, 0.5) is 0 Å². The highest BCUT2D eigenvalue weighted by Crippen LogP contribution is 2.43. The smallest absolute Gasteiger partial charge is 0.277 e. The Hall–Kier alpha value is -5.12. The van der Waals surface area contributed by atoms with Gasteiger partial charge in [0.2, 0.25) is 0 Å². The van der Waals surface area contributed by atoms with Crippen molar-refractivity contribution >= 4 is 56.6 Å². The van der Waals surface area contributed by atoms with Gasteiger partial charge in [-0.3, -0.25) is 29.0 Å². The summed E-state index contributed by atoms with van der Waals surface area (Å²) in [7, 11) is 3.20. The minimum Gasteiger partial charge on any atom is -0.366 e. The largest absolute Gasteiger partial charge is 0.366 e. The molecule has 2 saturated heterocycles. The van der Waals surface area contributed by atoms with Crippen LogP contribution in [0.25, 0.3) is 33.0 Å². The molecule has 256 valence electrons. The first kappa shape index (κ1) is 30.9. The van der Waals surface area contributed by atoms with E-state index in [9.17, 15) is 19.2 Å². The molecule has 2 aromatic carbocycles. The zero-order chi connectivity index (χ0) is 34.3. The lowest BCUT2D eigenvalue weighted by Gasteiger charge is -2.41. The van der Waals surface area contributed by atoms with E-state index < -0.39 is 0 Å². The maximum atomic E-state index is 14.0. The maximum absolute atomic E-state index is 14.0. The van der Waals surface area contributed by atoms with Gasteiger partial charge in [0.1, 0.15) is 11.4 Å². The number of carbonyl (C=O) groups excluding carboxylic acids is 4. The van der Waals surface area contributed by atoms with Crippen LogP contribution in [0.1, 0.15) is 61.0 Å². The molecule has 4 amide bonds. The minimum absolute atomic E-state index is 0.216. The Morgan fingerprint density at radius 2 is 0.920 bits per heavy atom. The molecule has 9 heterocycles. The Morgan fingerprint density at radius 3 is 1.32 bits per heavy atom. The van der Waals surface area contributed by atoms with Crippen LogP contribution >= 0.6 is 0 Å². The van der Waals surface area contributed by atoms with Crippen molar-refractivity contribution in [2.45, 2.75) is 51.4 Å². The number of amides is 4. The molecule has 7 aliphatic rings. The van der Waals surface area contributed by atoms with Gasteiger partial charge in [-0.05, 0) is 75.3 Å². The summed E-state index contributed by atoms with van der Waals surface area (Å²) < 4.78 is 0. The molecule has 11 rings (SSSR count). The molecule has 2 aromatic heterocycles. The Morgan fingerprint density at radius 1 is 0.540 bits per heavy atom. The highest BCUT2D eigenvalue weighted by atomic mass is 16.2. The number of aryl methyl sites for hydroxylation is 2. The summed E-state index contributed by atoms with van der Waals surface area (Å²) in [6, 6.07) is 16.1. The van der Waals surface area contributed by atoms with E-state index >= 15 is 0 Å². The van der Waals surface area contributed by atoms with E-state index in [1.165, 1.54) is 9.80 Å². The molecule has 0 radical (unpaired) electrons. The van der Waals surface area contributed by atoms with Gasteiger partial charge in [0.25, 0.3) is 23.6 Å². The number of para-hydroxylation sites is 2. The van der Waals surface area contributed by atoms with Gasteiger partial charge in [-0.15, -0.1) is 0 Å². The number of carbonyl (C=O) groups is 4. The zero-order valence-electron chi connectivity index (χ0n) is 28.7. The normalized spacial score (nSPS) is 23.5. The summed E-state index contributed by atoms with van der Waals surface area (Å²) in [5.41, 5.74) is 7.66. The third kappa shape index (κ3) is 4.60. The van der Waals surface area contributed by atoms with Gasteiger partial charge in [-0.1, -0.05) is 36.4 Å². The van der Waals surface area contributed by atoms with Gasteiger partial charge < -0.3 is 19.8 Å². The summed E-state index contributed by atoms with van der Waals surface area (Å²) in [6.45, 7) is 2.91. The summed E-state index contributed by atoms with van der Waals surface area (Å²) in [5.74, 6) is 0.0840. The Bertz CT molecular complexity index is 2020. The van der Waals surface area contributed by atoms with Crippen LogP contribution in [0.15, 0.2) is 59.9 Å². The third-order valence-electron chi connectivity index (χ3n) is 12.1. The molecule has 0 spiro atoms. The number of likely N-dealkylation sites (N-methyl/N-ethyl adjacent to an activating group) is 2. The molecule has 0 aliphatic carbocycles. The number of aromatic nitrogens is 2. The van der Waals surface area contributed by atoms with E-state index in [-0.39, 0.29) is 23.6 Å². The van der Waals surface area contributed by atoms with Crippen molar-refractivity contribution < 1.29 is 19.2 Å². The summed E-state index contributed by atoms with van der Waals surface area (Å²) in [5, 5.41) is 1.92. The first-order chi connectivity index (χ1) is 24.3. The van der Waals surface area contributed by atoms with Gasteiger partial charge in [-0.25, -0.2) is 0 Å². The summed E-state index contributed by atoms with van der Waals surface area (Å²) in [6.07, 6.45) is 6.78. The van der Waals surface area contributed by atoms with Crippen LogP contribution in [-0.2, 0) is 32.0 Å². The Balaban J connectivity index is 1.17. The Kier molecular flexibility index (Phi) is 7.26. The molecule has 7 aliphatic heterocycles. The van der Waals surface area contributed by atoms with Crippen molar-refractivity contribution in [2.75, 3.05) is 40.3 Å². The van der Waals surface area contributed by atoms with Crippen molar-refractivity contribution in [1.29, 1.82) is 0 Å².